The molecule has 0 unspecified atom stereocenters. The third-order valence-electron chi connectivity index (χ3n) is 3.15. The van der Waals surface area contributed by atoms with E-state index in [1.165, 1.54) is 29.1 Å². The van der Waals surface area contributed by atoms with Crippen molar-refractivity contribution >= 4 is 27.3 Å². The number of nitrogens with two attached hydrogens (primary N) is 1. The summed E-state index contributed by atoms with van der Waals surface area (Å²) in [5, 5.41) is 7.02. The van der Waals surface area contributed by atoms with E-state index in [4.69, 9.17) is 14.6 Å². The van der Waals surface area contributed by atoms with Gasteiger partial charge in [-0.2, -0.15) is 0 Å². The number of primary sulfonamides is 1. The maximum Gasteiger partial charge on any atom is 0.305 e. The molecule has 0 amide bonds. The molecule has 1 heterocycles. The highest BCUT2D eigenvalue weighted by Gasteiger charge is 2.07. The molecule has 24 heavy (non-hydrogen) atoms. The second-order valence-corrected chi connectivity index (χ2v) is 7.61. The standard InChI is InChI=1S/C16H19NO5S2/c17-24(19,20)15-8-6-13(7-9-15)21-10-11-22-16(18)5-1-3-14-4-2-12-23-14/h2,4,6-9,12H,1,3,5,10-11H2,(H2,17,19,20). The molecule has 0 aliphatic rings. The first-order valence-corrected chi connectivity index (χ1v) is 9.81. The fraction of sp³-hybridized carbons (Fsp3) is 0.312. The molecule has 2 rings (SSSR count). The molecule has 0 aliphatic heterocycles. The van der Waals surface area contributed by atoms with Gasteiger partial charge in [-0.25, -0.2) is 13.6 Å². The summed E-state index contributed by atoms with van der Waals surface area (Å²) < 4.78 is 32.7. The highest BCUT2D eigenvalue weighted by Crippen LogP contribution is 2.15. The van der Waals surface area contributed by atoms with Crippen molar-refractivity contribution in [2.24, 2.45) is 5.14 Å². The molecule has 0 atom stereocenters. The average Bonchev–Trinajstić information content (AvgIpc) is 3.04. The molecule has 0 saturated heterocycles. The summed E-state index contributed by atoms with van der Waals surface area (Å²) in [6.45, 7) is 0.347. The van der Waals surface area contributed by atoms with E-state index in [9.17, 15) is 13.2 Å². The van der Waals surface area contributed by atoms with Crippen molar-refractivity contribution in [1.82, 2.24) is 0 Å². The predicted molar refractivity (Wildman–Crippen MR) is 91.5 cm³/mol. The van der Waals surface area contributed by atoms with Gasteiger partial charge in [0, 0.05) is 11.3 Å². The van der Waals surface area contributed by atoms with Crippen LogP contribution >= 0.6 is 11.3 Å². The minimum Gasteiger partial charge on any atom is -0.490 e. The topological polar surface area (TPSA) is 95.7 Å². The molecule has 0 fully saturated rings. The summed E-state index contributed by atoms with van der Waals surface area (Å²) in [5.41, 5.74) is 0. The fourth-order valence-corrected chi connectivity index (χ4v) is 3.24. The van der Waals surface area contributed by atoms with Crippen molar-refractivity contribution < 1.29 is 22.7 Å². The molecular formula is C16H19NO5S2. The second-order valence-electron chi connectivity index (χ2n) is 5.02. The van der Waals surface area contributed by atoms with Crippen molar-refractivity contribution in [3.63, 3.8) is 0 Å². The minimum atomic E-state index is -3.71. The molecule has 0 spiro atoms. The first-order valence-electron chi connectivity index (χ1n) is 7.39. The van der Waals surface area contributed by atoms with Crippen LogP contribution in [-0.4, -0.2) is 27.6 Å². The van der Waals surface area contributed by atoms with E-state index in [0.717, 1.165) is 12.8 Å². The molecule has 0 saturated carbocycles. The van der Waals surface area contributed by atoms with Crippen LogP contribution in [0.5, 0.6) is 5.75 Å². The van der Waals surface area contributed by atoms with Gasteiger partial charge < -0.3 is 9.47 Å². The molecule has 8 heteroatoms. The highest BCUT2D eigenvalue weighted by molar-refractivity contribution is 7.89. The maximum absolute atomic E-state index is 11.6. The quantitative estimate of drug-likeness (QED) is 0.541. The number of carbonyl (C=O) groups is 1. The Balaban J connectivity index is 1.61. The van der Waals surface area contributed by atoms with Crippen LogP contribution in [0.25, 0.3) is 0 Å². The molecule has 1 aromatic carbocycles. The molecule has 6 nitrogen and oxygen atoms in total. The van der Waals surface area contributed by atoms with E-state index in [1.807, 2.05) is 17.5 Å². The van der Waals surface area contributed by atoms with Crippen LogP contribution in [0.2, 0.25) is 0 Å². The van der Waals surface area contributed by atoms with Crippen molar-refractivity contribution in [2.75, 3.05) is 13.2 Å². The number of thiophene rings is 1. The number of carbonyl (C=O) groups excluding carboxylic acids is 1. The average molecular weight is 369 g/mol. The van der Waals surface area contributed by atoms with Gasteiger partial charge in [0.2, 0.25) is 10.0 Å². The van der Waals surface area contributed by atoms with Crippen LogP contribution in [0.1, 0.15) is 17.7 Å². The molecule has 130 valence electrons. The van der Waals surface area contributed by atoms with Crippen LogP contribution in [0, 0.1) is 0 Å². The van der Waals surface area contributed by atoms with Crippen LogP contribution in [0.15, 0.2) is 46.7 Å². The smallest absolute Gasteiger partial charge is 0.305 e. The Labute approximate surface area is 145 Å². The van der Waals surface area contributed by atoms with Gasteiger partial charge in [0.15, 0.2) is 0 Å². The van der Waals surface area contributed by atoms with Gasteiger partial charge in [-0.1, -0.05) is 6.07 Å². The zero-order chi connectivity index (χ0) is 17.4. The lowest BCUT2D eigenvalue weighted by Gasteiger charge is -2.08. The van der Waals surface area contributed by atoms with E-state index in [-0.39, 0.29) is 24.1 Å². The molecular weight excluding hydrogens is 350 g/mol. The molecule has 0 aliphatic carbocycles. The Morgan fingerprint density at radius 3 is 2.50 bits per heavy atom. The van der Waals surface area contributed by atoms with Gasteiger partial charge in [-0.05, 0) is 48.6 Å². The van der Waals surface area contributed by atoms with Crippen molar-refractivity contribution in [1.29, 1.82) is 0 Å². The first-order chi connectivity index (χ1) is 11.4. The number of rotatable bonds is 9. The summed E-state index contributed by atoms with van der Waals surface area (Å²) >= 11 is 1.68. The SMILES string of the molecule is NS(=O)(=O)c1ccc(OCCOC(=O)CCCc2cccs2)cc1. The lowest BCUT2D eigenvalue weighted by molar-refractivity contribution is -0.144. The van der Waals surface area contributed by atoms with E-state index < -0.39 is 10.0 Å². The summed E-state index contributed by atoms with van der Waals surface area (Å²) in [6, 6.07) is 9.77. The van der Waals surface area contributed by atoms with Gasteiger partial charge in [-0.15, -0.1) is 11.3 Å². The van der Waals surface area contributed by atoms with Crippen molar-refractivity contribution in [3.05, 3.63) is 46.7 Å². The zero-order valence-electron chi connectivity index (χ0n) is 13.0. The summed E-state index contributed by atoms with van der Waals surface area (Å²) in [6.07, 6.45) is 2.01. The summed E-state index contributed by atoms with van der Waals surface area (Å²) in [5.74, 6) is 0.232. The monoisotopic (exact) mass is 369 g/mol. The summed E-state index contributed by atoms with van der Waals surface area (Å²) in [7, 11) is -3.71. The lowest BCUT2D eigenvalue weighted by Crippen LogP contribution is -2.13. The van der Waals surface area contributed by atoms with Crippen LogP contribution < -0.4 is 9.88 Å². The number of ether oxygens (including phenoxy) is 2. The number of hydrogen-bond donors (Lipinski definition) is 1. The van der Waals surface area contributed by atoms with Crippen molar-refractivity contribution in [2.45, 2.75) is 24.2 Å². The van der Waals surface area contributed by atoms with E-state index in [0.29, 0.717) is 12.2 Å². The third kappa shape index (κ3) is 6.31. The van der Waals surface area contributed by atoms with Gasteiger partial charge in [0.1, 0.15) is 19.0 Å². The largest absolute Gasteiger partial charge is 0.490 e. The number of esters is 1. The lowest BCUT2D eigenvalue weighted by atomic mass is 10.2. The number of hydrogen-bond acceptors (Lipinski definition) is 6. The number of aryl methyl sites for hydroxylation is 1. The fourth-order valence-electron chi connectivity index (χ4n) is 1.97. The van der Waals surface area contributed by atoms with Gasteiger partial charge in [-0.3, -0.25) is 4.79 Å². The molecule has 0 bridgehead atoms. The normalized spacial score (nSPS) is 11.2. The predicted octanol–water partition coefficient (Wildman–Crippen LogP) is 2.34. The molecule has 0 radical (unpaired) electrons. The molecule has 2 aromatic rings. The van der Waals surface area contributed by atoms with Gasteiger partial charge in [0.05, 0.1) is 4.90 Å². The molecule has 2 N–H and O–H groups in total. The van der Waals surface area contributed by atoms with E-state index in [2.05, 4.69) is 0 Å². The number of sulfonamides is 1. The summed E-state index contributed by atoms with van der Waals surface area (Å²) in [4.78, 5) is 12.9. The van der Waals surface area contributed by atoms with Gasteiger partial charge >= 0.3 is 5.97 Å². The Hall–Kier alpha value is -1.90. The Kier molecular flexibility index (Phi) is 6.77. The van der Waals surface area contributed by atoms with Crippen molar-refractivity contribution in [3.8, 4) is 5.75 Å². The molecule has 1 aromatic heterocycles. The van der Waals surface area contributed by atoms with Crippen LogP contribution in [0.3, 0.4) is 0 Å². The van der Waals surface area contributed by atoms with Crippen LogP contribution in [-0.2, 0) is 26.0 Å². The Bertz CT molecular complexity index is 739. The number of benzene rings is 1. The maximum atomic E-state index is 11.6. The third-order valence-corrected chi connectivity index (χ3v) is 5.02. The Morgan fingerprint density at radius 2 is 1.88 bits per heavy atom. The first kappa shape index (κ1) is 18.4. The second kappa shape index (κ2) is 8.81. The zero-order valence-corrected chi connectivity index (χ0v) is 14.6. The van der Waals surface area contributed by atoms with Crippen LogP contribution in [0.4, 0.5) is 0 Å². The van der Waals surface area contributed by atoms with E-state index in [1.54, 1.807) is 11.3 Å². The Morgan fingerprint density at radius 1 is 1.12 bits per heavy atom. The van der Waals surface area contributed by atoms with E-state index >= 15 is 0 Å². The highest BCUT2D eigenvalue weighted by atomic mass is 32.2. The minimum absolute atomic E-state index is 0.0204. The van der Waals surface area contributed by atoms with Gasteiger partial charge in [0.25, 0.3) is 0 Å².